The van der Waals surface area contributed by atoms with Crippen molar-refractivity contribution in [3.63, 3.8) is 0 Å². The van der Waals surface area contributed by atoms with E-state index in [9.17, 15) is 9.59 Å². The molecule has 32 heavy (non-hydrogen) atoms. The number of thiophene rings is 2. The van der Waals surface area contributed by atoms with Crippen molar-refractivity contribution < 1.29 is 9.59 Å². The predicted molar refractivity (Wildman–Crippen MR) is 128 cm³/mol. The molecule has 4 nitrogen and oxygen atoms in total. The number of hydrogen-bond acceptors (Lipinski definition) is 6. The van der Waals surface area contributed by atoms with E-state index >= 15 is 0 Å². The second-order valence-electron chi connectivity index (χ2n) is 8.27. The number of aromatic nitrogens is 2. The van der Waals surface area contributed by atoms with Crippen LogP contribution in [-0.2, 0) is 0 Å². The van der Waals surface area contributed by atoms with Crippen LogP contribution in [0.25, 0.3) is 0 Å². The Balaban J connectivity index is 1.66. The van der Waals surface area contributed by atoms with Crippen LogP contribution in [-0.4, -0.2) is 21.5 Å². The van der Waals surface area contributed by atoms with Gasteiger partial charge < -0.3 is 0 Å². The molecule has 4 atom stereocenters. The first kappa shape index (κ1) is 20.9. The van der Waals surface area contributed by atoms with Gasteiger partial charge in [0.1, 0.15) is 0 Å². The second-order valence-corrected chi connectivity index (χ2v) is 10.1. The minimum Gasteiger partial charge on any atom is -0.293 e. The number of carbonyl (C=O) groups is 2. The van der Waals surface area contributed by atoms with Crippen LogP contribution in [0.3, 0.4) is 0 Å². The molecule has 6 heteroatoms. The molecule has 5 rings (SSSR count). The van der Waals surface area contributed by atoms with Crippen molar-refractivity contribution >= 4 is 34.2 Å². The van der Waals surface area contributed by atoms with E-state index in [0.29, 0.717) is 0 Å². The monoisotopic (exact) mass is 458 g/mol. The van der Waals surface area contributed by atoms with Gasteiger partial charge in [-0.25, -0.2) is 0 Å². The van der Waals surface area contributed by atoms with E-state index < -0.39 is 11.8 Å². The van der Waals surface area contributed by atoms with Crippen LogP contribution in [0.15, 0.2) is 71.9 Å². The van der Waals surface area contributed by atoms with Gasteiger partial charge in [0.15, 0.2) is 11.6 Å². The quantitative estimate of drug-likeness (QED) is 0.328. The SMILES string of the molecule is Cc1ccsc1C(=O)[C@@H]1[C@@H](C(=O)c2sccc2C)[C@H](c2cccnc2)[C@H]1c1cccnc1. The minimum atomic E-state index is -0.434. The summed E-state index contributed by atoms with van der Waals surface area (Å²) in [5.41, 5.74) is 3.91. The molecule has 0 radical (unpaired) electrons. The third kappa shape index (κ3) is 3.44. The van der Waals surface area contributed by atoms with Crippen molar-refractivity contribution in [2.24, 2.45) is 11.8 Å². The average Bonchev–Trinajstić information content (AvgIpc) is 3.42. The Morgan fingerprint density at radius 2 is 1.16 bits per heavy atom. The van der Waals surface area contributed by atoms with Crippen LogP contribution in [0.1, 0.15) is 53.4 Å². The average molecular weight is 459 g/mol. The Morgan fingerprint density at radius 1 is 0.719 bits per heavy atom. The molecule has 0 bridgehead atoms. The summed E-state index contributed by atoms with van der Waals surface area (Å²) in [4.78, 5) is 37.9. The third-order valence-corrected chi connectivity index (χ3v) is 8.53. The van der Waals surface area contributed by atoms with E-state index in [1.165, 1.54) is 22.7 Å². The highest BCUT2D eigenvalue weighted by atomic mass is 32.1. The van der Waals surface area contributed by atoms with Crippen LogP contribution in [0.2, 0.25) is 0 Å². The normalized spacial score (nSPS) is 22.3. The van der Waals surface area contributed by atoms with E-state index in [1.807, 2.05) is 73.4 Å². The lowest BCUT2D eigenvalue weighted by atomic mass is 9.50. The van der Waals surface area contributed by atoms with Gasteiger partial charge in [-0.1, -0.05) is 12.1 Å². The molecule has 1 fully saturated rings. The summed E-state index contributed by atoms with van der Waals surface area (Å²) >= 11 is 2.92. The topological polar surface area (TPSA) is 59.9 Å². The minimum absolute atomic E-state index is 0.0547. The van der Waals surface area contributed by atoms with Gasteiger partial charge >= 0.3 is 0 Å². The maximum absolute atomic E-state index is 13.9. The number of Topliss-reactive ketones (excluding diaryl/α,β-unsaturated/α-hetero) is 2. The highest BCUT2D eigenvalue weighted by Crippen LogP contribution is 2.60. The summed E-state index contributed by atoms with van der Waals surface area (Å²) in [5.74, 6) is -1.02. The van der Waals surface area contributed by atoms with Crippen LogP contribution in [0, 0.1) is 25.7 Å². The first-order valence-electron chi connectivity index (χ1n) is 10.5. The van der Waals surface area contributed by atoms with Crippen LogP contribution in [0.4, 0.5) is 0 Å². The van der Waals surface area contributed by atoms with Crippen molar-refractivity contribution in [2.45, 2.75) is 25.7 Å². The number of pyridine rings is 2. The zero-order chi connectivity index (χ0) is 22.2. The zero-order valence-corrected chi connectivity index (χ0v) is 19.4. The Kier molecular flexibility index (Phi) is 5.57. The summed E-state index contributed by atoms with van der Waals surface area (Å²) in [7, 11) is 0. The number of hydrogen-bond donors (Lipinski definition) is 0. The molecule has 160 valence electrons. The molecule has 0 aliphatic heterocycles. The summed E-state index contributed by atoms with van der Waals surface area (Å²) in [6.45, 7) is 3.92. The largest absolute Gasteiger partial charge is 0.293 e. The Labute approximate surface area is 195 Å². The van der Waals surface area contributed by atoms with E-state index in [-0.39, 0.29) is 23.4 Å². The molecule has 0 aromatic carbocycles. The molecular formula is C26H22N2O2S2. The summed E-state index contributed by atoms with van der Waals surface area (Å²) in [6, 6.07) is 11.8. The van der Waals surface area contributed by atoms with Gasteiger partial charge in [0.2, 0.25) is 0 Å². The molecule has 4 heterocycles. The number of carbonyl (C=O) groups excluding carboxylic acids is 2. The molecule has 1 aliphatic rings. The van der Waals surface area contributed by atoms with Gasteiger partial charge in [-0.2, -0.15) is 0 Å². The molecule has 0 N–H and O–H groups in total. The first-order valence-corrected chi connectivity index (χ1v) is 12.3. The third-order valence-electron chi connectivity index (χ3n) is 6.46. The Bertz CT molecular complexity index is 1160. The fraction of sp³-hybridized carbons (Fsp3) is 0.231. The fourth-order valence-corrected chi connectivity index (χ4v) is 6.76. The molecule has 0 spiro atoms. The lowest BCUT2D eigenvalue weighted by Crippen LogP contribution is -2.51. The van der Waals surface area contributed by atoms with Crippen LogP contribution >= 0.6 is 22.7 Å². The fourth-order valence-electron chi connectivity index (χ4n) is 4.93. The Morgan fingerprint density at radius 3 is 1.47 bits per heavy atom. The van der Waals surface area contributed by atoms with E-state index in [1.54, 1.807) is 12.4 Å². The molecular weight excluding hydrogens is 436 g/mol. The van der Waals surface area contributed by atoms with Crippen molar-refractivity contribution in [3.05, 3.63) is 104 Å². The molecule has 1 saturated carbocycles. The van der Waals surface area contributed by atoms with Gasteiger partial charge in [-0.15, -0.1) is 22.7 Å². The van der Waals surface area contributed by atoms with Gasteiger partial charge in [0.05, 0.1) is 9.75 Å². The number of nitrogens with zero attached hydrogens (tertiary/aromatic N) is 2. The molecule has 4 aromatic heterocycles. The van der Waals surface area contributed by atoms with Gasteiger partial charge in [0, 0.05) is 48.5 Å². The second kappa shape index (κ2) is 8.52. The van der Waals surface area contributed by atoms with Gasteiger partial charge in [-0.3, -0.25) is 19.6 Å². The molecule has 0 unspecified atom stereocenters. The zero-order valence-electron chi connectivity index (χ0n) is 17.8. The summed E-state index contributed by atoms with van der Waals surface area (Å²) in [5, 5.41) is 3.89. The van der Waals surface area contributed by atoms with E-state index in [0.717, 1.165) is 32.0 Å². The lowest BCUT2D eigenvalue weighted by molar-refractivity contribution is 0.0459. The molecule has 1 aliphatic carbocycles. The van der Waals surface area contributed by atoms with Crippen molar-refractivity contribution in [3.8, 4) is 0 Å². The standard InChI is InChI=1S/C26H22N2O2S2/c1-15-7-11-31-25(15)23(29)21-19(17-5-3-9-27-13-17)20(18-6-4-10-28-14-18)22(21)24(30)26-16(2)8-12-32-26/h3-14,19-22H,1-2H3/t19-,20-,21+,22+/m1/s1. The predicted octanol–water partition coefficient (Wildman–Crippen LogP) is 6.10. The maximum Gasteiger partial charge on any atom is 0.177 e. The molecule has 4 aromatic rings. The number of rotatable bonds is 6. The van der Waals surface area contributed by atoms with Crippen molar-refractivity contribution in [1.29, 1.82) is 0 Å². The maximum atomic E-state index is 13.9. The van der Waals surface area contributed by atoms with Crippen LogP contribution < -0.4 is 0 Å². The highest BCUT2D eigenvalue weighted by Gasteiger charge is 2.58. The smallest absolute Gasteiger partial charge is 0.177 e. The summed E-state index contributed by atoms with van der Waals surface area (Å²) < 4.78 is 0. The van der Waals surface area contributed by atoms with Crippen LogP contribution in [0.5, 0.6) is 0 Å². The lowest BCUT2D eigenvalue weighted by Gasteiger charge is -2.50. The van der Waals surface area contributed by atoms with Gasteiger partial charge in [0.25, 0.3) is 0 Å². The van der Waals surface area contributed by atoms with Crippen molar-refractivity contribution in [1.82, 2.24) is 9.97 Å². The van der Waals surface area contributed by atoms with E-state index in [4.69, 9.17) is 0 Å². The molecule has 0 saturated heterocycles. The summed E-state index contributed by atoms with van der Waals surface area (Å²) in [6.07, 6.45) is 7.12. The van der Waals surface area contributed by atoms with Gasteiger partial charge in [-0.05, 0) is 71.1 Å². The number of ketones is 2. The molecule has 0 amide bonds. The Hall–Kier alpha value is -2.96. The van der Waals surface area contributed by atoms with Crippen molar-refractivity contribution in [2.75, 3.05) is 0 Å². The first-order chi connectivity index (χ1) is 15.6. The highest BCUT2D eigenvalue weighted by molar-refractivity contribution is 7.12. The number of aryl methyl sites for hydroxylation is 2. The van der Waals surface area contributed by atoms with E-state index in [2.05, 4.69) is 9.97 Å².